The van der Waals surface area contributed by atoms with E-state index in [1.807, 2.05) is 13.8 Å². The molecule has 0 N–H and O–H groups in total. The van der Waals surface area contributed by atoms with Gasteiger partial charge in [0.2, 0.25) is 0 Å². The van der Waals surface area contributed by atoms with Crippen molar-refractivity contribution in [1.82, 2.24) is 0 Å². The van der Waals surface area contributed by atoms with Gasteiger partial charge in [-0.2, -0.15) is 11.8 Å². The first kappa shape index (κ1) is 10.3. The summed E-state index contributed by atoms with van der Waals surface area (Å²) in [4.78, 5) is 0. The van der Waals surface area contributed by atoms with E-state index in [-0.39, 0.29) is 0 Å². The molecule has 1 rings (SSSR count). The average Bonchev–Trinajstić information content (AvgIpc) is 2.46. The molecule has 0 aliphatic carbocycles. The lowest BCUT2D eigenvalue weighted by Gasteiger charge is -2.02. The summed E-state index contributed by atoms with van der Waals surface area (Å²) in [6.07, 6.45) is 4.33. The molecule has 1 fully saturated rings. The summed E-state index contributed by atoms with van der Waals surface area (Å²) in [7, 11) is 0. The van der Waals surface area contributed by atoms with Crippen LogP contribution in [0.2, 0.25) is 0 Å². The predicted octanol–water partition coefficient (Wildman–Crippen LogP) is 3.57. The van der Waals surface area contributed by atoms with Crippen molar-refractivity contribution in [3.8, 4) is 0 Å². The minimum atomic E-state index is 1.07. The zero-order valence-corrected chi connectivity index (χ0v) is 8.34. The van der Waals surface area contributed by atoms with Crippen LogP contribution in [0.4, 0.5) is 0 Å². The molecule has 1 unspecified atom stereocenters. The highest BCUT2D eigenvalue weighted by molar-refractivity contribution is 7.99. The SMILES string of the molecule is CC.CCCC1CCSC1. The van der Waals surface area contributed by atoms with Crippen molar-refractivity contribution in [2.45, 2.75) is 40.0 Å². The molecular formula is C9H20S. The highest BCUT2D eigenvalue weighted by Gasteiger charge is 2.13. The normalized spacial score (nSPS) is 23.7. The number of rotatable bonds is 2. The van der Waals surface area contributed by atoms with E-state index in [1.165, 1.54) is 30.8 Å². The van der Waals surface area contributed by atoms with Gasteiger partial charge in [-0.15, -0.1) is 0 Å². The maximum Gasteiger partial charge on any atom is -0.00388 e. The molecule has 0 bridgehead atoms. The molecule has 0 spiro atoms. The van der Waals surface area contributed by atoms with Crippen molar-refractivity contribution in [2.75, 3.05) is 11.5 Å². The molecule has 0 aromatic rings. The quantitative estimate of drug-likeness (QED) is 0.595. The van der Waals surface area contributed by atoms with Crippen LogP contribution in [0.3, 0.4) is 0 Å². The molecule has 1 heterocycles. The zero-order chi connectivity index (χ0) is 7.82. The van der Waals surface area contributed by atoms with Gasteiger partial charge in [0, 0.05) is 0 Å². The molecule has 0 nitrogen and oxygen atoms in total. The molecule has 1 atom stereocenters. The van der Waals surface area contributed by atoms with E-state index in [9.17, 15) is 0 Å². The molecule has 10 heavy (non-hydrogen) atoms. The Labute approximate surface area is 69.8 Å². The third-order valence-electron chi connectivity index (χ3n) is 1.72. The van der Waals surface area contributed by atoms with Crippen LogP contribution in [-0.2, 0) is 0 Å². The second kappa shape index (κ2) is 7.46. The summed E-state index contributed by atoms with van der Waals surface area (Å²) in [5.74, 6) is 3.93. The van der Waals surface area contributed by atoms with Gasteiger partial charge in [0.1, 0.15) is 0 Å². The van der Waals surface area contributed by atoms with Crippen LogP contribution in [-0.4, -0.2) is 11.5 Å². The Morgan fingerprint density at radius 1 is 1.40 bits per heavy atom. The van der Waals surface area contributed by atoms with Gasteiger partial charge >= 0.3 is 0 Å². The van der Waals surface area contributed by atoms with Crippen LogP contribution >= 0.6 is 11.8 Å². The van der Waals surface area contributed by atoms with Crippen molar-refractivity contribution in [2.24, 2.45) is 5.92 Å². The fraction of sp³-hybridized carbons (Fsp3) is 1.00. The van der Waals surface area contributed by atoms with Gasteiger partial charge in [-0.05, 0) is 30.3 Å². The minimum absolute atomic E-state index is 1.07. The smallest absolute Gasteiger partial charge is 0.00388 e. The number of hydrogen-bond donors (Lipinski definition) is 0. The van der Waals surface area contributed by atoms with Crippen LogP contribution in [0.5, 0.6) is 0 Å². The third-order valence-corrected chi connectivity index (χ3v) is 2.95. The molecule has 1 aliphatic rings. The summed E-state index contributed by atoms with van der Waals surface area (Å²) < 4.78 is 0. The van der Waals surface area contributed by atoms with E-state index in [4.69, 9.17) is 0 Å². The van der Waals surface area contributed by atoms with Gasteiger partial charge in [-0.3, -0.25) is 0 Å². The summed E-state index contributed by atoms with van der Waals surface area (Å²) in [5.41, 5.74) is 0. The van der Waals surface area contributed by atoms with Crippen molar-refractivity contribution in [3.63, 3.8) is 0 Å². The molecule has 0 amide bonds. The summed E-state index contributed by atoms with van der Waals surface area (Å²) in [6, 6.07) is 0. The first-order valence-electron chi connectivity index (χ1n) is 4.51. The summed E-state index contributed by atoms with van der Waals surface area (Å²) in [6.45, 7) is 6.28. The minimum Gasteiger partial charge on any atom is -0.162 e. The molecule has 0 saturated carbocycles. The average molecular weight is 160 g/mol. The van der Waals surface area contributed by atoms with Gasteiger partial charge < -0.3 is 0 Å². The van der Waals surface area contributed by atoms with E-state index < -0.39 is 0 Å². The second-order valence-corrected chi connectivity index (χ2v) is 3.67. The van der Waals surface area contributed by atoms with Crippen LogP contribution in [0.15, 0.2) is 0 Å². The topological polar surface area (TPSA) is 0 Å². The fourth-order valence-corrected chi connectivity index (χ4v) is 2.55. The fourth-order valence-electron chi connectivity index (χ4n) is 1.22. The Morgan fingerprint density at radius 2 is 2.10 bits per heavy atom. The van der Waals surface area contributed by atoms with Crippen molar-refractivity contribution >= 4 is 11.8 Å². The Morgan fingerprint density at radius 3 is 2.50 bits per heavy atom. The summed E-state index contributed by atoms with van der Waals surface area (Å²) in [5, 5.41) is 0. The molecule has 0 aromatic carbocycles. The molecule has 0 radical (unpaired) electrons. The van der Waals surface area contributed by atoms with E-state index >= 15 is 0 Å². The molecule has 1 heteroatoms. The van der Waals surface area contributed by atoms with E-state index in [2.05, 4.69) is 18.7 Å². The maximum absolute atomic E-state index is 2.28. The number of thioether (sulfide) groups is 1. The molecule has 1 saturated heterocycles. The standard InChI is InChI=1S/C7H14S.C2H6/c1-2-3-7-4-5-8-6-7;1-2/h7H,2-6H2,1H3;1-2H3. The van der Waals surface area contributed by atoms with Crippen molar-refractivity contribution < 1.29 is 0 Å². The predicted molar refractivity (Wildman–Crippen MR) is 51.7 cm³/mol. The van der Waals surface area contributed by atoms with Gasteiger partial charge in [-0.1, -0.05) is 27.2 Å². The lowest BCUT2D eigenvalue weighted by atomic mass is 10.0. The monoisotopic (exact) mass is 160 g/mol. The molecule has 62 valence electrons. The van der Waals surface area contributed by atoms with Gasteiger partial charge in [0.25, 0.3) is 0 Å². The Bertz CT molecular complexity index is 55.7. The lowest BCUT2D eigenvalue weighted by molar-refractivity contribution is 0.538. The highest BCUT2D eigenvalue weighted by atomic mass is 32.2. The molecule has 1 aliphatic heterocycles. The maximum atomic E-state index is 2.28. The first-order chi connectivity index (χ1) is 4.93. The van der Waals surface area contributed by atoms with Crippen LogP contribution in [0, 0.1) is 5.92 Å². The Kier molecular flexibility index (Phi) is 7.72. The van der Waals surface area contributed by atoms with E-state index in [0.29, 0.717) is 0 Å². The Hall–Kier alpha value is 0.350. The van der Waals surface area contributed by atoms with Crippen LogP contribution < -0.4 is 0 Å². The highest BCUT2D eigenvalue weighted by Crippen LogP contribution is 2.26. The number of hydrogen-bond acceptors (Lipinski definition) is 1. The van der Waals surface area contributed by atoms with E-state index in [1.54, 1.807) is 0 Å². The van der Waals surface area contributed by atoms with Crippen LogP contribution in [0.1, 0.15) is 40.0 Å². The lowest BCUT2D eigenvalue weighted by Crippen LogP contribution is -1.94. The van der Waals surface area contributed by atoms with Crippen molar-refractivity contribution in [3.05, 3.63) is 0 Å². The largest absolute Gasteiger partial charge is 0.162 e. The van der Waals surface area contributed by atoms with Gasteiger partial charge in [0.15, 0.2) is 0 Å². The second-order valence-electron chi connectivity index (χ2n) is 2.52. The third kappa shape index (κ3) is 4.21. The molecular weight excluding hydrogens is 140 g/mol. The van der Waals surface area contributed by atoms with Gasteiger partial charge in [0.05, 0.1) is 0 Å². The zero-order valence-electron chi connectivity index (χ0n) is 7.52. The van der Waals surface area contributed by atoms with Crippen molar-refractivity contribution in [1.29, 1.82) is 0 Å². The van der Waals surface area contributed by atoms with Crippen LogP contribution in [0.25, 0.3) is 0 Å². The summed E-state index contributed by atoms with van der Waals surface area (Å²) >= 11 is 2.12. The van der Waals surface area contributed by atoms with Gasteiger partial charge in [-0.25, -0.2) is 0 Å². The molecule has 0 aromatic heterocycles. The Balaban J connectivity index is 0.000000371. The first-order valence-corrected chi connectivity index (χ1v) is 5.66. The van der Waals surface area contributed by atoms with E-state index in [0.717, 1.165) is 5.92 Å².